The average molecular weight is 290 g/mol. The Morgan fingerprint density at radius 3 is 2.29 bits per heavy atom. The predicted octanol–water partition coefficient (Wildman–Crippen LogP) is 3.20. The molecule has 0 aliphatic heterocycles. The number of benzene rings is 1. The van der Waals surface area contributed by atoms with E-state index in [-0.39, 0.29) is 11.3 Å². The summed E-state index contributed by atoms with van der Waals surface area (Å²) in [5.41, 5.74) is 1.44. The Morgan fingerprint density at radius 1 is 1.19 bits per heavy atom. The third-order valence-electron chi connectivity index (χ3n) is 4.09. The molecule has 1 rings (SSSR count). The summed E-state index contributed by atoms with van der Waals surface area (Å²) in [6.45, 7) is 12.7. The van der Waals surface area contributed by atoms with Crippen molar-refractivity contribution in [1.82, 2.24) is 10.2 Å². The third-order valence-corrected chi connectivity index (χ3v) is 4.09. The smallest absolute Gasteiger partial charge is 0.236 e. The predicted molar refractivity (Wildman–Crippen MR) is 89.5 cm³/mol. The first-order chi connectivity index (χ1) is 9.90. The van der Waals surface area contributed by atoms with Crippen molar-refractivity contribution < 1.29 is 4.79 Å². The van der Waals surface area contributed by atoms with Gasteiger partial charge >= 0.3 is 0 Å². The van der Waals surface area contributed by atoms with Gasteiger partial charge in [-0.05, 0) is 38.2 Å². The van der Waals surface area contributed by atoms with Gasteiger partial charge in [0.05, 0.1) is 6.54 Å². The molecule has 0 saturated carbocycles. The van der Waals surface area contributed by atoms with E-state index in [9.17, 15) is 4.79 Å². The zero-order valence-corrected chi connectivity index (χ0v) is 14.1. The van der Waals surface area contributed by atoms with Crippen LogP contribution in [0.4, 0.5) is 0 Å². The van der Waals surface area contributed by atoms with Crippen LogP contribution in [0.3, 0.4) is 0 Å². The standard InChI is InChI=1S/C18H30N2O/c1-6-20(7-2)17(21)14-19-15(3)13-18(4,5)16-11-9-8-10-12-16/h8-12,15,19H,6-7,13-14H2,1-5H3. The number of hydrogen-bond acceptors (Lipinski definition) is 2. The van der Waals surface area contributed by atoms with Crippen molar-refractivity contribution in [2.24, 2.45) is 0 Å². The van der Waals surface area contributed by atoms with E-state index in [2.05, 4.69) is 50.4 Å². The Labute approximate surface area is 129 Å². The molecule has 1 atom stereocenters. The minimum atomic E-state index is 0.103. The molecule has 118 valence electrons. The van der Waals surface area contributed by atoms with Crippen LogP contribution in [0.25, 0.3) is 0 Å². The number of rotatable bonds is 8. The Hall–Kier alpha value is -1.35. The lowest BCUT2D eigenvalue weighted by Gasteiger charge is -2.29. The monoisotopic (exact) mass is 290 g/mol. The van der Waals surface area contributed by atoms with Crippen molar-refractivity contribution in [3.05, 3.63) is 35.9 Å². The lowest BCUT2D eigenvalue weighted by atomic mass is 9.79. The molecule has 0 fully saturated rings. The summed E-state index contributed by atoms with van der Waals surface area (Å²) in [7, 11) is 0. The van der Waals surface area contributed by atoms with Crippen LogP contribution in [-0.2, 0) is 10.2 Å². The fourth-order valence-corrected chi connectivity index (χ4v) is 2.79. The SMILES string of the molecule is CCN(CC)C(=O)CNC(C)CC(C)(C)c1ccccc1. The molecule has 0 saturated heterocycles. The van der Waals surface area contributed by atoms with Crippen LogP contribution < -0.4 is 5.32 Å². The largest absolute Gasteiger partial charge is 0.342 e. The van der Waals surface area contributed by atoms with E-state index < -0.39 is 0 Å². The van der Waals surface area contributed by atoms with E-state index in [0.717, 1.165) is 19.5 Å². The summed E-state index contributed by atoms with van der Waals surface area (Å²) in [5, 5.41) is 3.37. The number of nitrogens with zero attached hydrogens (tertiary/aromatic N) is 1. The van der Waals surface area contributed by atoms with Gasteiger partial charge < -0.3 is 10.2 Å². The summed E-state index contributed by atoms with van der Waals surface area (Å²) in [4.78, 5) is 13.9. The molecule has 3 heteroatoms. The normalized spacial score (nSPS) is 13.0. The molecular weight excluding hydrogens is 260 g/mol. The molecule has 1 amide bonds. The van der Waals surface area contributed by atoms with Crippen LogP contribution in [0, 0.1) is 0 Å². The van der Waals surface area contributed by atoms with Gasteiger partial charge in [-0.1, -0.05) is 44.2 Å². The van der Waals surface area contributed by atoms with Crippen molar-refractivity contribution in [3.63, 3.8) is 0 Å². The summed E-state index contributed by atoms with van der Waals surface area (Å²) in [6.07, 6.45) is 1.00. The summed E-state index contributed by atoms with van der Waals surface area (Å²) >= 11 is 0. The fraction of sp³-hybridized carbons (Fsp3) is 0.611. The number of carbonyl (C=O) groups excluding carboxylic acids is 1. The molecular formula is C18H30N2O. The van der Waals surface area contributed by atoms with Crippen LogP contribution in [0.2, 0.25) is 0 Å². The Bertz CT molecular complexity index is 424. The van der Waals surface area contributed by atoms with Crippen LogP contribution in [0.15, 0.2) is 30.3 Å². The Balaban J connectivity index is 2.50. The molecule has 21 heavy (non-hydrogen) atoms. The molecule has 0 bridgehead atoms. The van der Waals surface area contributed by atoms with E-state index >= 15 is 0 Å². The van der Waals surface area contributed by atoms with Crippen molar-refractivity contribution in [2.45, 2.75) is 52.5 Å². The first kappa shape index (κ1) is 17.7. The molecule has 1 unspecified atom stereocenters. The van der Waals surface area contributed by atoms with Gasteiger partial charge in [-0.15, -0.1) is 0 Å². The molecule has 0 spiro atoms. The van der Waals surface area contributed by atoms with Crippen LogP contribution >= 0.6 is 0 Å². The number of amides is 1. The topological polar surface area (TPSA) is 32.3 Å². The number of carbonyl (C=O) groups is 1. The molecule has 3 nitrogen and oxygen atoms in total. The molecule has 1 aromatic carbocycles. The van der Waals surface area contributed by atoms with E-state index in [1.807, 2.05) is 24.8 Å². The van der Waals surface area contributed by atoms with Gasteiger partial charge in [-0.2, -0.15) is 0 Å². The highest BCUT2D eigenvalue weighted by Gasteiger charge is 2.23. The maximum atomic E-state index is 12.0. The highest BCUT2D eigenvalue weighted by Crippen LogP contribution is 2.27. The van der Waals surface area contributed by atoms with Gasteiger partial charge in [0.1, 0.15) is 0 Å². The molecule has 0 radical (unpaired) electrons. The van der Waals surface area contributed by atoms with E-state index in [4.69, 9.17) is 0 Å². The maximum Gasteiger partial charge on any atom is 0.236 e. The third kappa shape index (κ3) is 5.50. The van der Waals surface area contributed by atoms with Gasteiger partial charge in [0.25, 0.3) is 0 Å². The summed E-state index contributed by atoms with van der Waals surface area (Å²) < 4.78 is 0. The van der Waals surface area contributed by atoms with Crippen molar-refractivity contribution in [1.29, 1.82) is 0 Å². The van der Waals surface area contributed by atoms with E-state index in [1.54, 1.807) is 0 Å². The quantitative estimate of drug-likeness (QED) is 0.797. The second-order valence-electron chi connectivity index (χ2n) is 6.30. The van der Waals surface area contributed by atoms with Gasteiger partial charge in [0, 0.05) is 19.1 Å². The maximum absolute atomic E-state index is 12.0. The van der Waals surface area contributed by atoms with Gasteiger partial charge in [-0.3, -0.25) is 4.79 Å². The fourth-order valence-electron chi connectivity index (χ4n) is 2.79. The molecule has 1 aromatic rings. The second-order valence-corrected chi connectivity index (χ2v) is 6.30. The molecule has 0 aliphatic carbocycles. The molecule has 0 heterocycles. The molecule has 0 aliphatic rings. The Morgan fingerprint density at radius 2 is 1.76 bits per heavy atom. The van der Waals surface area contributed by atoms with Gasteiger partial charge in [0.2, 0.25) is 5.91 Å². The van der Waals surface area contributed by atoms with Crippen LogP contribution in [0.5, 0.6) is 0 Å². The van der Waals surface area contributed by atoms with Crippen molar-refractivity contribution in [2.75, 3.05) is 19.6 Å². The average Bonchev–Trinajstić information content (AvgIpc) is 2.47. The molecule has 0 aromatic heterocycles. The van der Waals surface area contributed by atoms with Gasteiger partial charge in [-0.25, -0.2) is 0 Å². The van der Waals surface area contributed by atoms with Crippen LogP contribution in [0.1, 0.15) is 46.6 Å². The lowest BCUT2D eigenvalue weighted by molar-refractivity contribution is -0.130. The number of likely N-dealkylation sites (N-methyl/N-ethyl adjacent to an activating group) is 1. The zero-order chi connectivity index (χ0) is 15.9. The minimum absolute atomic E-state index is 0.103. The van der Waals surface area contributed by atoms with Crippen molar-refractivity contribution >= 4 is 5.91 Å². The number of nitrogens with one attached hydrogen (secondary N) is 1. The van der Waals surface area contributed by atoms with E-state index in [1.165, 1.54) is 5.56 Å². The van der Waals surface area contributed by atoms with E-state index in [0.29, 0.717) is 12.6 Å². The first-order valence-electron chi connectivity index (χ1n) is 7.97. The molecule has 1 N–H and O–H groups in total. The minimum Gasteiger partial charge on any atom is -0.342 e. The highest BCUT2D eigenvalue weighted by molar-refractivity contribution is 5.78. The second kappa shape index (κ2) is 8.18. The first-order valence-corrected chi connectivity index (χ1v) is 7.97. The van der Waals surface area contributed by atoms with Crippen molar-refractivity contribution in [3.8, 4) is 0 Å². The zero-order valence-electron chi connectivity index (χ0n) is 14.1. The lowest BCUT2D eigenvalue weighted by Crippen LogP contribution is -2.42. The Kier molecular flexibility index (Phi) is 6.90. The van der Waals surface area contributed by atoms with Crippen LogP contribution in [-0.4, -0.2) is 36.5 Å². The summed E-state index contributed by atoms with van der Waals surface area (Å²) in [6, 6.07) is 10.9. The highest BCUT2D eigenvalue weighted by atomic mass is 16.2. The van der Waals surface area contributed by atoms with Gasteiger partial charge in [0.15, 0.2) is 0 Å². The summed E-state index contributed by atoms with van der Waals surface area (Å²) in [5.74, 6) is 0.185. The number of hydrogen-bond donors (Lipinski definition) is 1.